The van der Waals surface area contributed by atoms with Gasteiger partial charge in [0, 0.05) is 24.1 Å². The SMILES string of the molecule is NC(=O)[C@H]1CCC[C@@H]1NC(=O)Nc1ccncc1. The van der Waals surface area contributed by atoms with E-state index in [1.807, 2.05) is 0 Å². The third-order valence-electron chi connectivity index (χ3n) is 3.14. The lowest BCUT2D eigenvalue weighted by atomic mass is 10.0. The zero-order valence-corrected chi connectivity index (χ0v) is 9.93. The monoisotopic (exact) mass is 248 g/mol. The van der Waals surface area contributed by atoms with Crippen LogP contribution in [-0.4, -0.2) is 23.0 Å². The van der Waals surface area contributed by atoms with Crippen LogP contribution in [-0.2, 0) is 4.79 Å². The van der Waals surface area contributed by atoms with Crippen LogP contribution < -0.4 is 16.4 Å². The Labute approximate surface area is 105 Å². The van der Waals surface area contributed by atoms with Crippen molar-refractivity contribution in [2.24, 2.45) is 11.7 Å². The number of amides is 3. The molecular weight excluding hydrogens is 232 g/mol. The molecule has 6 heteroatoms. The molecule has 2 atom stereocenters. The third-order valence-corrected chi connectivity index (χ3v) is 3.14. The molecule has 1 aliphatic carbocycles. The molecule has 0 bridgehead atoms. The first-order valence-electron chi connectivity index (χ1n) is 5.93. The molecule has 0 aliphatic heterocycles. The molecule has 6 nitrogen and oxygen atoms in total. The van der Waals surface area contributed by atoms with Gasteiger partial charge in [0.25, 0.3) is 0 Å². The van der Waals surface area contributed by atoms with E-state index in [1.54, 1.807) is 24.5 Å². The Morgan fingerprint density at radius 2 is 2.00 bits per heavy atom. The summed E-state index contributed by atoms with van der Waals surface area (Å²) in [5, 5.41) is 5.47. The molecular formula is C12H16N4O2. The first-order valence-corrected chi connectivity index (χ1v) is 5.93. The molecule has 1 saturated carbocycles. The summed E-state index contributed by atoms with van der Waals surface area (Å²) in [7, 11) is 0. The van der Waals surface area contributed by atoms with Crippen molar-refractivity contribution in [1.29, 1.82) is 0 Å². The Bertz CT molecular complexity index is 435. The largest absolute Gasteiger partial charge is 0.369 e. The molecule has 2 rings (SSSR count). The number of hydrogen-bond acceptors (Lipinski definition) is 3. The number of nitrogens with two attached hydrogens (primary N) is 1. The van der Waals surface area contributed by atoms with Crippen molar-refractivity contribution in [3.63, 3.8) is 0 Å². The maximum absolute atomic E-state index is 11.7. The second-order valence-corrected chi connectivity index (χ2v) is 4.38. The standard InChI is InChI=1S/C12H16N4O2/c13-11(17)9-2-1-3-10(9)16-12(18)15-8-4-6-14-7-5-8/h4-7,9-10H,1-3H2,(H2,13,17)(H2,14,15,16,18)/t9-,10-/m0/s1. The molecule has 1 aromatic rings. The number of rotatable bonds is 3. The molecule has 3 amide bonds. The van der Waals surface area contributed by atoms with E-state index >= 15 is 0 Å². The molecule has 96 valence electrons. The lowest BCUT2D eigenvalue weighted by molar-refractivity contribution is -0.122. The van der Waals surface area contributed by atoms with E-state index in [4.69, 9.17) is 5.73 Å². The molecule has 1 heterocycles. The molecule has 18 heavy (non-hydrogen) atoms. The van der Waals surface area contributed by atoms with Gasteiger partial charge in [-0.2, -0.15) is 0 Å². The summed E-state index contributed by atoms with van der Waals surface area (Å²) in [5.41, 5.74) is 5.96. The smallest absolute Gasteiger partial charge is 0.319 e. The predicted molar refractivity (Wildman–Crippen MR) is 66.7 cm³/mol. The van der Waals surface area contributed by atoms with E-state index in [-0.39, 0.29) is 23.9 Å². The fraction of sp³-hybridized carbons (Fsp3) is 0.417. The molecule has 1 fully saturated rings. The van der Waals surface area contributed by atoms with Crippen LogP contribution in [0.15, 0.2) is 24.5 Å². The second kappa shape index (κ2) is 5.48. The van der Waals surface area contributed by atoms with Crippen LogP contribution >= 0.6 is 0 Å². The topological polar surface area (TPSA) is 97.1 Å². The Kier molecular flexibility index (Phi) is 3.76. The maximum atomic E-state index is 11.7. The van der Waals surface area contributed by atoms with E-state index < -0.39 is 0 Å². The van der Waals surface area contributed by atoms with E-state index in [9.17, 15) is 9.59 Å². The summed E-state index contributed by atoms with van der Waals surface area (Å²) in [6, 6.07) is 2.91. The number of anilines is 1. The quantitative estimate of drug-likeness (QED) is 0.740. The van der Waals surface area contributed by atoms with Gasteiger partial charge >= 0.3 is 6.03 Å². The molecule has 0 unspecified atom stereocenters. The number of urea groups is 1. The van der Waals surface area contributed by atoms with Crippen molar-refractivity contribution < 1.29 is 9.59 Å². The molecule has 0 saturated heterocycles. The molecule has 1 aliphatic rings. The Morgan fingerprint density at radius 1 is 1.28 bits per heavy atom. The van der Waals surface area contributed by atoms with E-state index in [1.165, 1.54) is 0 Å². The highest BCUT2D eigenvalue weighted by molar-refractivity contribution is 5.90. The molecule has 0 radical (unpaired) electrons. The number of carbonyl (C=O) groups is 2. The first-order chi connectivity index (χ1) is 8.66. The van der Waals surface area contributed by atoms with Gasteiger partial charge in [0.2, 0.25) is 5.91 Å². The van der Waals surface area contributed by atoms with E-state index in [2.05, 4.69) is 15.6 Å². The molecule has 1 aromatic heterocycles. The summed E-state index contributed by atoms with van der Waals surface area (Å²) >= 11 is 0. The highest BCUT2D eigenvalue weighted by Crippen LogP contribution is 2.25. The van der Waals surface area contributed by atoms with Crippen molar-refractivity contribution >= 4 is 17.6 Å². The van der Waals surface area contributed by atoms with Gasteiger partial charge < -0.3 is 16.4 Å². The first kappa shape index (κ1) is 12.3. The minimum absolute atomic E-state index is 0.163. The third kappa shape index (κ3) is 2.97. The predicted octanol–water partition coefficient (Wildman–Crippen LogP) is 0.857. The summed E-state index contributed by atoms with van der Waals surface area (Å²) < 4.78 is 0. The number of primary amides is 1. The van der Waals surface area contributed by atoms with Crippen LogP contribution in [0.2, 0.25) is 0 Å². The zero-order valence-electron chi connectivity index (χ0n) is 9.93. The second-order valence-electron chi connectivity index (χ2n) is 4.38. The number of nitrogens with one attached hydrogen (secondary N) is 2. The fourth-order valence-corrected chi connectivity index (χ4v) is 2.24. The summed E-state index contributed by atoms with van der Waals surface area (Å²) in [6.07, 6.45) is 5.63. The van der Waals surface area contributed by atoms with E-state index in [0.29, 0.717) is 5.69 Å². The summed E-state index contributed by atoms with van der Waals surface area (Å²) in [6.45, 7) is 0. The van der Waals surface area contributed by atoms with Gasteiger partial charge in [-0.1, -0.05) is 6.42 Å². The van der Waals surface area contributed by atoms with Gasteiger partial charge in [-0.15, -0.1) is 0 Å². The van der Waals surface area contributed by atoms with Gasteiger partial charge in [0.1, 0.15) is 0 Å². The molecule has 4 N–H and O–H groups in total. The fourth-order valence-electron chi connectivity index (χ4n) is 2.24. The van der Waals surface area contributed by atoms with Crippen molar-refractivity contribution in [2.45, 2.75) is 25.3 Å². The van der Waals surface area contributed by atoms with Gasteiger partial charge in [-0.25, -0.2) is 4.79 Å². The van der Waals surface area contributed by atoms with Crippen molar-refractivity contribution in [3.8, 4) is 0 Å². The highest BCUT2D eigenvalue weighted by atomic mass is 16.2. The zero-order chi connectivity index (χ0) is 13.0. The normalized spacial score (nSPS) is 22.4. The number of carbonyl (C=O) groups excluding carboxylic acids is 2. The lowest BCUT2D eigenvalue weighted by Gasteiger charge is -2.18. The Balaban J connectivity index is 1.90. The van der Waals surface area contributed by atoms with Crippen LogP contribution in [0.4, 0.5) is 10.5 Å². The van der Waals surface area contributed by atoms with Gasteiger partial charge in [-0.3, -0.25) is 9.78 Å². The average molecular weight is 248 g/mol. The van der Waals surface area contributed by atoms with Gasteiger partial charge in [-0.05, 0) is 25.0 Å². The van der Waals surface area contributed by atoms with Gasteiger partial charge in [0.05, 0.1) is 5.92 Å². The average Bonchev–Trinajstić information content (AvgIpc) is 2.78. The lowest BCUT2D eigenvalue weighted by Crippen LogP contribution is -2.44. The number of aromatic nitrogens is 1. The summed E-state index contributed by atoms with van der Waals surface area (Å²) in [4.78, 5) is 26.8. The van der Waals surface area contributed by atoms with Gasteiger partial charge in [0.15, 0.2) is 0 Å². The molecule has 0 spiro atoms. The van der Waals surface area contributed by atoms with Crippen molar-refractivity contribution in [1.82, 2.24) is 10.3 Å². The maximum Gasteiger partial charge on any atom is 0.319 e. The number of pyridine rings is 1. The van der Waals surface area contributed by atoms with Crippen molar-refractivity contribution in [2.75, 3.05) is 5.32 Å². The minimum atomic E-state index is -0.346. The Hall–Kier alpha value is -2.11. The van der Waals surface area contributed by atoms with Crippen LogP contribution in [0.25, 0.3) is 0 Å². The molecule has 0 aromatic carbocycles. The van der Waals surface area contributed by atoms with Crippen molar-refractivity contribution in [3.05, 3.63) is 24.5 Å². The van der Waals surface area contributed by atoms with Crippen LogP contribution in [0.1, 0.15) is 19.3 Å². The number of hydrogen-bond donors (Lipinski definition) is 3. The highest BCUT2D eigenvalue weighted by Gasteiger charge is 2.32. The minimum Gasteiger partial charge on any atom is -0.369 e. The van der Waals surface area contributed by atoms with Crippen LogP contribution in [0.5, 0.6) is 0 Å². The van der Waals surface area contributed by atoms with Crippen LogP contribution in [0, 0.1) is 5.92 Å². The number of nitrogens with zero attached hydrogens (tertiary/aromatic N) is 1. The summed E-state index contributed by atoms with van der Waals surface area (Å²) in [5.74, 6) is -0.602. The van der Waals surface area contributed by atoms with Crippen LogP contribution in [0.3, 0.4) is 0 Å². The van der Waals surface area contributed by atoms with E-state index in [0.717, 1.165) is 19.3 Å². The Morgan fingerprint density at radius 3 is 2.67 bits per heavy atom.